The quantitative estimate of drug-likeness (QED) is 0.405. The third-order valence-electron chi connectivity index (χ3n) is 7.02. The van der Waals surface area contributed by atoms with E-state index in [4.69, 9.17) is 9.47 Å². The molecule has 3 aromatic rings. The minimum absolute atomic E-state index is 0.0977. The maximum Gasteiger partial charge on any atom is 0.321 e. The fraction of sp³-hybridized carbons (Fsp3) is 0.433. The van der Waals surface area contributed by atoms with E-state index in [-0.39, 0.29) is 6.03 Å². The smallest absolute Gasteiger partial charge is 0.321 e. The minimum Gasteiger partial charge on any atom is -0.493 e. The molecular weight excluding hydrogens is 464 g/mol. The molecule has 0 atom stereocenters. The monoisotopic (exact) mass is 504 g/mol. The van der Waals surface area contributed by atoms with Crippen molar-refractivity contribution in [2.75, 3.05) is 56.7 Å². The van der Waals surface area contributed by atoms with Crippen LogP contribution in [0, 0.1) is 0 Å². The molecule has 0 radical (unpaired) electrons. The Kier molecular flexibility index (Phi) is 8.77. The van der Waals surface area contributed by atoms with Crippen LogP contribution in [-0.2, 0) is 0 Å². The van der Waals surface area contributed by atoms with E-state index < -0.39 is 0 Å². The molecule has 0 saturated carbocycles. The number of fused-ring (bicyclic) bond motifs is 1. The molecule has 0 aromatic heterocycles. The minimum atomic E-state index is -0.0977. The molecule has 1 fully saturated rings. The molecule has 1 aliphatic heterocycles. The van der Waals surface area contributed by atoms with Crippen molar-refractivity contribution < 1.29 is 14.3 Å². The number of piperazine rings is 1. The molecule has 37 heavy (non-hydrogen) atoms. The highest BCUT2D eigenvalue weighted by Crippen LogP contribution is 2.31. The summed E-state index contributed by atoms with van der Waals surface area (Å²) < 4.78 is 11.6. The van der Waals surface area contributed by atoms with Crippen molar-refractivity contribution in [1.29, 1.82) is 0 Å². The number of hydrogen-bond acceptors (Lipinski definition) is 5. The highest BCUT2D eigenvalue weighted by Gasteiger charge is 2.23. The van der Waals surface area contributed by atoms with Gasteiger partial charge in [0.15, 0.2) is 11.5 Å². The Labute approximate surface area is 220 Å². The largest absolute Gasteiger partial charge is 0.493 e. The fourth-order valence-electron chi connectivity index (χ4n) is 5.08. The first kappa shape index (κ1) is 26.6. The van der Waals surface area contributed by atoms with Crippen molar-refractivity contribution in [2.24, 2.45) is 0 Å². The summed E-state index contributed by atoms with van der Waals surface area (Å²) in [5.41, 5.74) is 1.92. The summed E-state index contributed by atoms with van der Waals surface area (Å²) >= 11 is 0. The fourth-order valence-corrected chi connectivity index (χ4v) is 5.08. The van der Waals surface area contributed by atoms with E-state index in [0.717, 1.165) is 19.6 Å². The van der Waals surface area contributed by atoms with Crippen LogP contribution >= 0.6 is 0 Å². The van der Waals surface area contributed by atoms with E-state index in [1.54, 1.807) is 7.11 Å². The summed E-state index contributed by atoms with van der Waals surface area (Å²) in [5.74, 6) is 1.29. The Morgan fingerprint density at radius 2 is 1.62 bits per heavy atom. The highest BCUT2D eigenvalue weighted by molar-refractivity contribution is 5.94. The van der Waals surface area contributed by atoms with Crippen molar-refractivity contribution >= 4 is 28.2 Å². The number of carbonyl (C=O) groups is 1. The number of urea groups is 1. The Bertz CT molecular complexity index is 1180. The van der Waals surface area contributed by atoms with Gasteiger partial charge in [0, 0.05) is 67.6 Å². The lowest BCUT2D eigenvalue weighted by Crippen LogP contribution is -2.50. The molecule has 0 unspecified atom stereocenters. The number of nitrogens with zero attached hydrogens (tertiary/aromatic N) is 3. The summed E-state index contributed by atoms with van der Waals surface area (Å²) in [6.45, 7) is 13.0. The molecule has 4 rings (SSSR count). The van der Waals surface area contributed by atoms with Crippen molar-refractivity contribution in [3.63, 3.8) is 0 Å². The van der Waals surface area contributed by atoms with Gasteiger partial charge in [-0.15, -0.1) is 0 Å². The van der Waals surface area contributed by atoms with Crippen LogP contribution in [0.5, 0.6) is 11.5 Å². The number of hydrogen-bond donors (Lipinski definition) is 1. The van der Waals surface area contributed by atoms with Crippen LogP contribution < -0.4 is 19.7 Å². The second-order valence-corrected chi connectivity index (χ2v) is 10.0. The zero-order chi connectivity index (χ0) is 26.4. The van der Waals surface area contributed by atoms with E-state index in [2.05, 4.69) is 85.3 Å². The second-order valence-electron chi connectivity index (χ2n) is 10.0. The van der Waals surface area contributed by atoms with Crippen molar-refractivity contribution in [1.82, 2.24) is 9.80 Å². The van der Waals surface area contributed by atoms with Crippen LogP contribution in [0.1, 0.15) is 27.7 Å². The normalized spacial score (nSPS) is 14.1. The number of carbonyl (C=O) groups excluding carboxylic acids is 1. The van der Waals surface area contributed by atoms with Gasteiger partial charge in [0.1, 0.15) is 6.61 Å². The number of rotatable bonds is 9. The third kappa shape index (κ3) is 6.46. The molecule has 1 N–H and O–H groups in total. The Balaban J connectivity index is 1.35. The van der Waals surface area contributed by atoms with Crippen LogP contribution in [0.4, 0.5) is 16.2 Å². The summed E-state index contributed by atoms with van der Waals surface area (Å²) in [5, 5.41) is 5.53. The van der Waals surface area contributed by atoms with Crippen LogP contribution in [0.25, 0.3) is 10.8 Å². The predicted molar refractivity (Wildman–Crippen MR) is 152 cm³/mol. The van der Waals surface area contributed by atoms with Gasteiger partial charge in [-0.25, -0.2) is 4.79 Å². The summed E-state index contributed by atoms with van der Waals surface area (Å²) in [7, 11) is 1.63. The average Bonchev–Trinajstić information content (AvgIpc) is 2.90. The standard InChI is InChI=1S/C30H40N4O3/c1-22(2)34(23(3)4)19-20-37-29-21-25(13-14-28(29)36-5)31-30(35)33-17-15-32(16-18-33)27-12-8-10-24-9-6-7-11-26(24)27/h6-14,21-23H,15-20H2,1-5H3,(H,31,35). The molecule has 3 aromatic carbocycles. The molecule has 7 heteroatoms. The number of methoxy groups -OCH3 is 1. The molecule has 198 valence electrons. The van der Waals surface area contributed by atoms with Gasteiger partial charge in [-0.2, -0.15) is 0 Å². The number of amides is 2. The molecule has 2 amide bonds. The van der Waals surface area contributed by atoms with Gasteiger partial charge in [-0.3, -0.25) is 4.90 Å². The van der Waals surface area contributed by atoms with Gasteiger partial charge in [0.2, 0.25) is 0 Å². The van der Waals surface area contributed by atoms with E-state index >= 15 is 0 Å². The maximum absolute atomic E-state index is 13.1. The molecule has 0 aliphatic carbocycles. The molecule has 1 aliphatic rings. The van der Waals surface area contributed by atoms with E-state index in [9.17, 15) is 4.79 Å². The van der Waals surface area contributed by atoms with Crippen LogP contribution in [-0.4, -0.2) is 74.4 Å². The number of nitrogens with one attached hydrogen (secondary N) is 1. The average molecular weight is 505 g/mol. The van der Waals surface area contributed by atoms with Gasteiger partial charge < -0.3 is 24.6 Å². The Morgan fingerprint density at radius 3 is 2.32 bits per heavy atom. The first-order chi connectivity index (χ1) is 17.9. The second kappa shape index (κ2) is 12.2. The Hall–Kier alpha value is -3.45. The van der Waals surface area contributed by atoms with E-state index in [0.29, 0.717) is 49.0 Å². The molecule has 1 saturated heterocycles. The summed E-state index contributed by atoms with van der Waals surface area (Å²) in [6, 6.07) is 21.2. The van der Waals surface area contributed by atoms with Gasteiger partial charge >= 0.3 is 6.03 Å². The SMILES string of the molecule is COc1ccc(NC(=O)N2CCN(c3cccc4ccccc34)CC2)cc1OCCN(C(C)C)C(C)C. The van der Waals surface area contributed by atoms with Crippen molar-refractivity contribution in [2.45, 2.75) is 39.8 Å². The Morgan fingerprint density at radius 1 is 0.919 bits per heavy atom. The first-order valence-electron chi connectivity index (χ1n) is 13.2. The number of ether oxygens (including phenoxy) is 2. The van der Waals surface area contributed by atoms with Crippen molar-refractivity contribution in [3.05, 3.63) is 60.7 Å². The number of benzene rings is 3. The predicted octanol–water partition coefficient (Wildman–Crippen LogP) is 5.70. The van der Waals surface area contributed by atoms with Gasteiger partial charge in [-0.1, -0.05) is 36.4 Å². The highest BCUT2D eigenvalue weighted by atomic mass is 16.5. The first-order valence-corrected chi connectivity index (χ1v) is 13.2. The number of anilines is 2. The molecule has 7 nitrogen and oxygen atoms in total. The lowest BCUT2D eigenvalue weighted by atomic mass is 10.1. The van der Waals surface area contributed by atoms with Gasteiger partial charge in [0.05, 0.1) is 7.11 Å². The van der Waals surface area contributed by atoms with Crippen LogP contribution in [0.2, 0.25) is 0 Å². The topological polar surface area (TPSA) is 57.3 Å². The lowest BCUT2D eigenvalue weighted by Gasteiger charge is -2.36. The van der Waals surface area contributed by atoms with E-state index in [1.807, 2.05) is 23.1 Å². The lowest BCUT2D eigenvalue weighted by molar-refractivity contribution is 0.140. The molecule has 0 bridgehead atoms. The molecular formula is C30H40N4O3. The van der Waals surface area contributed by atoms with Crippen molar-refractivity contribution in [3.8, 4) is 11.5 Å². The third-order valence-corrected chi connectivity index (χ3v) is 7.02. The molecule has 1 heterocycles. The summed E-state index contributed by atoms with van der Waals surface area (Å²) in [6.07, 6.45) is 0. The van der Waals surface area contributed by atoms with Crippen LogP contribution in [0.3, 0.4) is 0 Å². The summed E-state index contributed by atoms with van der Waals surface area (Å²) in [4.78, 5) is 19.7. The molecule has 0 spiro atoms. The van der Waals surface area contributed by atoms with Crippen LogP contribution in [0.15, 0.2) is 60.7 Å². The van der Waals surface area contributed by atoms with Gasteiger partial charge in [-0.05, 0) is 51.3 Å². The zero-order valence-electron chi connectivity index (χ0n) is 22.7. The van der Waals surface area contributed by atoms with Gasteiger partial charge in [0.25, 0.3) is 0 Å². The maximum atomic E-state index is 13.1. The zero-order valence-corrected chi connectivity index (χ0v) is 22.7. The van der Waals surface area contributed by atoms with E-state index in [1.165, 1.54) is 16.5 Å².